The van der Waals surface area contributed by atoms with E-state index in [-0.39, 0.29) is 12.5 Å². The molecule has 1 amide bonds. The summed E-state index contributed by atoms with van der Waals surface area (Å²) in [7, 11) is 0. The van der Waals surface area contributed by atoms with Gasteiger partial charge in [-0.05, 0) is 6.42 Å². The maximum atomic E-state index is 10.3. The van der Waals surface area contributed by atoms with Gasteiger partial charge in [-0.2, -0.15) is 4.21 Å². The fourth-order valence-corrected chi connectivity index (χ4v) is 0.727. The van der Waals surface area contributed by atoms with E-state index in [4.69, 9.17) is 4.55 Å². The molecule has 0 radical (unpaired) electrons. The average Bonchev–Trinajstić information content (AvgIpc) is 1.85. The van der Waals surface area contributed by atoms with Crippen molar-refractivity contribution in [1.82, 2.24) is 5.32 Å². The van der Waals surface area contributed by atoms with Crippen LogP contribution in [-0.2, 0) is 20.3 Å². The van der Waals surface area contributed by atoms with Crippen LogP contribution in [0.2, 0.25) is 0 Å². The largest absolute Gasteiger partial charge is 0.356 e. The molecule has 0 aromatic carbocycles. The van der Waals surface area contributed by atoms with Crippen LogP contribution in [0.15, 0.2) is 0 Å². The van der Waals surface area contributed by atoms with Crippen molar-refractivity contribution in [3.05, 3.63) is 0 Å². The molecule has 0 spiro atoms. The highest BCUT2D eigenvalue weighted by atomic mass is 32.2. The topological polar surface area (TPSA) is 75.6 Å². The van der Waals surface area contributed by atoms with Crippen molar-refractivity contribution in [2.75, 3.05) is 13.2 Å². The Labute approximate surface area is 67.6 Å². The highest BCUT2D eigenvalue weighted by molar-refractivity contribution is 7.74. The van der Waals surface area contributed by atoms with E-state index in [1.165, 1.54) is 6.92 Å². The maximum Gasteiger partial charge on any atom is 0.301 e. The molecule has 0 rings (SSSR count). The van der Waals surface area contributed by atoms with Crippen molar-refractivity contribution in [2.45, 2.75) is 13.3 Å². The molecule has 0 aliphatic heterocycles. The third-order valence-corrected chi connectivity index (χ3v) is 1.25. The van der Waals surface area contributed by atoms with E-state index in [1.807, 2.05) is 0 Å². The van der Waals surface area contributed by atoms with Crippen LogP contribution in [0.4, 0.5) is 0 Å². The van der Waals surface area contributed by atoms with Crippen LogP contribution in [0.1, 0.15) is 13.3 Å². The number of hydrogen-bond donors (Lipinski definition) is 2. The molecular weight excluding hydrogens is 170 g/mol. The zero-order valence-electron chi connectivity index (χ0n) is 6.20. The molecule has 0 aliphatic carbocycles. The average molecular weight is 181 g/mol. The van der Waals surface area contributed by atoms with Crippen molar-refractivity contribution in [3.63, 3.8) is 0 Å². The number of carbonyl (C=O) groups is 1. The van der Waals surface area contributed by atoms with Crippen LogP contribution in [0, 0.1) is 0 Å². The molecule has 1 unspecified atom stereocenters. The molecule has 0 aromatic heterocycles. The summed E-state index contributed by atoms with van der Waals surface area (Å²) >= 11 is -2.19. The van der Waals surface area contributed by atoms with E-state index in [1.54, 1.807) is 0 Å². The van der Waals surface area contributed by atoms with Crippen LogP contribution in [-0.4, -0.2) is 27.8 Å². The third-order valence-electron chi connectivity index (χ3n) is 0.879. The molecule has 0 bridgehead atoms. The lowest BCUT2D eigenvalue weighted by molar-refractivity contribution is -0.118. The fourth-order valence-electron chi connectivity index (χ4n) is 0.467. The first-order valence-electron chi connectivity index (χ1n) is 3.11. The Kier molecular flexibility index (Phi) is 6.00. The number of rotatable bonds is 5. The van der Waals surface area contributed by atoms with Gasteiger partial charge in [0.05, 0.1) is 6.61 Å². The van der Waals surface area contributed by atoms with E-state index < -0.39 is 11.4 Å². The molecular formula is C5H11NO4S. The first-order valence-corrected chi connectivity index (χ1v) is 4.14. The van der Waals surface area contributed by atoms with E-state index in [2.05, 4.69) is 9.50 Å². The van der Waals surface area contributed by atoms with Crippen LogP contribution < -0.4 is 5.32 Å². The third kappa shape index (κ3) is 9.54. The van der Waals surface area contributed by atoms with Gasteiger partial charge in [-0.25, -0.2) is 0 Å². The number of amides is 1. The van der Waals surface area contributed by atoms with Gasteiger partial charge in [0.15, 0.2) is 0 Å². The second kappa shape index (κ2) is 6.26. The lowest BCUT2D eigenvalue weighted by Gasteiger charge is -1.99. The summed E-state index contributed by atoms with van der Waals surface area (Å²) in [6, 6.07) is 0. The van der Waals surface area contributed by atoms with Crippen LogP contribution in [0.5, 0.6) is 0 Å². The Morgan fingerprint density at radius 1 is 1.73 bits per heavy atom. The summed E-state index contributed by atoms with van der Waals surface area (Å²) in [4.78, 5) is 10.3. The molecule has 5 nitrogen and oxygen atoms in total. The second-order valence-electron chi connectivity index (χ2n) is 1.88. The van der Waals surface area contributed by atoms with Crippen molar-refractivity contribution >= 4 is 17.3 Å². The van der Waals surface area contributed by atoms with Gasteiger partial charge in [-0.15, -0.1) is 0 Å². The van der Waals surface area contributed by atoms with E-state index in [9.17, 15) is 9.00 Å². The lowest BCUT2D eigenvalue weighted by atomic mass is 10.4. The highest BCUT2D eigenvalue weighted by Gasteiger charge is 1.93. The highest BCUT2D eigenvalue weighted by Crippen LogP contribution is 1.83. The summed E-state index contributed by atoms with van der Waals surface area (Å²) in [6.45, 7) is 2.04. The Morgan fingerprint density at radius 3 is 2.82 bits per heavy atom. The first-order chi connectivity index (χ1) is 5.13. The SMILES string of the molecule is CC(=O)NCCCOS(=O)O. The quantitative estimate of drug-likeness (QED) is 0.449. The van der Waals surface area contributed by atoms with Crippen molar-refractivity contribution in [3.8, 4) is 0 Å². The maximum absolute atomic E-state index is 10.3. The Hall–Kier alpha value is -0.460. The van der Waals surface area contributed by atoms with Crippen LogP contribution >= 0.6 is 0 Å². The van der Waals surface area contributed by atoms with Crippen molar-refractivity contribution in [1.29, 1.82) is 0 Å². The molecule has 11 heavy (non-hydrogen) atoms. The van der Waals surface area contributed by atoms with Crippen molar-refractivity contribution < 1.29 is 17.7 Å². The molecule has 0 aromatic rings. The molecule has 66 valence electrons. The van der Waals surface area contributed by atoms with Crippen LogP contribution in [0.25, 0.3) is 0 Å². The normalized spacial score (nSPS) is 12.5. The van der Waals surface area contributed by atoms with Gasteiger partial charge >= 0.3 is 11.4 Å². The number of hydrogen-bond acceptors (Lipinski definition) is 3. The van der Waals surface area contributed by atoms with Crippen molar-refractivity contribution in [2.24, 2.45) is 0 Å². The predicted octanol–water partition coefficient (Wildman–Crippen LogP) is -0.334. The Bertz CT molecular complexity index is 133. The minimum Gasteiger partial charge on any atom is -0.356 e. The van der Waals surface area contributed by atoms with Gasteiger partial charge in [0, 0.05) is 13.5 Å². The Morgan fingerprint density at radius 2 is 2.36 bits per heavy atom. The van der Waals surface area contributed by atoms with E-state index in [0.29, 0.717) is 13.0 Å². The zero-order chi connectivity index (χ0) is 8.69. The van der Waals surface area contributed by atoms with Gasteiger partial charge in [0.25, 0.3) is 0 Å². The van der Waals surface area contributed by atoms with Gasteiger partial charge in [-0.1, -0.05) is 0 Å². The number of carbonyl (C=O) groups excluding carboxylic acids is 1. The minimum absolute atomic E-state index is 0.116. The molecule has 1 atom stereocenters. The van der Waals surface area contributed by atoms with Gasteiger partial charge in [-0.3, -0.25) is 13.5 Å². The Balaban J connectivity index is 3.03. The monoisotopic (exact) mass is 181 g/mol. The smallest absolute Gasteiger partial charge is 0.301 e. The van der Waals surface area contributed by atoms with Gasteiger partial charge in [0.2, 0.25) is 5.91 Å². The molecule has 0 saturated carbocycles. The number of nitrogens with one attached hydrogen (secondary N) is 1. The zero-order valence-corrected chi connectivity index (χ0v) is 7.02. The summed E-state index contributed by atoms with van der Waals surface area (Å²) in [6.07, 6.45) is 0.534. The van der Waals surface area contributed by atoms with E-state index >= 15 is 0 Å². The minimum atomic E-state index is -2.19. The molecule has 0 fully saturated rings. The molecule has 0 aliphatic rings. The summed E-state index contributed by atoms with van der Waals surface area (Å²) in [5.74, 6) is -0.116. The van der Waals surface area contributed by atoms with E-state index in [0.717, 1.165) is 0 Å². The van der Waals surface area contributed by atoms with Crippen LogP contribution in [0.3, 0.4) is 0 Å². The molecule has 0 saturated heterocycles. The van der Waals surface area contributed by atoms with Gasteiger partial charge in [0.1, 0.15) is 0 Å². The summed E-state index contributed by atoms with van der Waals surface area (Å²) in [5.41, 5.74) is 0. The second-order valence-corrected chi connectivity index (χ2v) is 2.55. The summed E-state index contributed by atoms with van der Waals surface area (Å²) in [5, 5.41) is 2.52. The molecule has 2 N–H and O–H groups in total. The first kappa shape index (κ1) is 10.5. The predicted molar refractivity (Wildman–Crippen MR) is 40.0 cm³/mol. The van der Waals surface area contributed by atoms with Gasteiger partial charge < -0.3 is 5.32 Å². The summed E-state index contributed by atoms with van der Waals surface area (Å²) < 4.78 is 22.3. The molecule has 0 heterocycles. The lowest BCUT2D eigenvalue weighted by Crippen LogP contribution is -2.22. The standard InChI is InChI=1S/C5H11NO4S/c1-5(7)6-3-2-4-10-11(8)9/h2-4H2,1H3,(H,6,7)(H,8,9). The fraction of sp³-hybridized carbons (Fsp3) is 0.800. The molecule has 6 heteroatoms.